The molecule has 3 heterocycles. The van der Waals surface area contributed by atoms with Crippen LogP contribution in [0.4, 0.5) is 26.1 Å². The summed E-state index contributed by atoms with van der Waals surface area (Å²) < 4.78 is 57.9. The fourth-order valence-electron chi connectivity index (χ4n) is 3.12. The van der Waals surface area contributed by atoms with E-state index >= 15 is 0 Å². The van der Waals surface area contributed by atoms with E-state index in [1.165, 1.54) is 26.3 Å². The largest absolute Gasteiger partial charge is 0.479 e. The van der Waals surface area contributed by atoms with Crippen LogP contribution in [0, 0.1) is 18.6 Å². The quantitative estimate of drug-likeness (QED) is 0.381. The number of nitrogens with one attached hydrogen (secondary N) is 1. The Morgan fingerprint density at radius 1 is 1.15 bits per heavy atom. The second kappa shape index (κ2) is 9.23. The van der Waals surface area contributed by atoms with Crippen LogP contribution in [0.5, 0.6) is 5.88 Å². The zero-order chi connectivity index (χ0) is 24.6. The molecule has 0 saturated carbocycles. The first kappa shape index (κ1) is 23.4. The number of pyridine rings is 1. The number of hydrogen-bond acceptors (Lipinski definition) is 9. The van der Waals surface area contributed by atoms with Crippen molar-refractivity contribution in [3.8, 4) is 16.5 Å². The molecule has 0 spiro atoms. The first-order valence-corrected chi connectivity index (χ1v) is 11.5. The molecule has 0 bridgehead atoms. The number of fused-ring (bicyclic) bond motifs is 1. The van der Waals surface area contributed by atoms with Crippen LogP contribution >= 0.6 is 11.3 Å². The van der Waals surface area contributed by atoms with Crippen molar-refractivity contribution in [1.82, 2.24) is 19.9 Å². The average molecular weight is 507 g/mol. The van der Waals surface area contributed by atoms with Crippen LogP contribution in [-0.4, -0.2) is 41.4 Å². The monoisotopic (exact) mass is 506 g/mol. The molecule has 34 heavy (non-hydrogen) atoms. The number of ether oxygens (including phenoxy) is 1. The molecular weight excluding hydrogens is 490 g/mol. The van der Waals surface area contributed by atoms with Crippen molar-refractivity contribution in [3.63, 3.8) is 0 Å². The maximum Gasteiger partial charge on any atom is 0.238 e. The highest BCUT2D eigenvalue weighted by atomic mass is 32.2. The summed E-state index contributed by atoms with van der Waals surface area (Å²) in [7, 11) is -2.13. The van der Waals surface area contributed by atoms with E-state index in [1.807, 2.05) is 0 Å². The molecule has 0 aliphatic rings. The Hall–Kier alpha value is -3.78. The maximum atomic E-state index is 14.5. The molecule has 0 saturated heterocycles. The van der Waals surface area contributed by atoms with Gasteiger partial charge in [0.15, 0.2) is 5.82 Å². The van der Waals surface area contributed by atoms with Crippen molar-refractivity contribution in [2.24, 2.45) is 0 Å². The van der Waals surface area contributed by atoms with Crippen molar-refractivity contribution in [2.45, 2.75) is 13.8 Å². The molecule has 14 heteroatoms. The third-order valence-electron chi connectivity index (χ3n) is 4.52. The second-order valence-electron chi connectivity index (χ2n) is 6.88. The van der Waals surface area contributed by atoms with Crippen molar-refractivity contribution in [2.75, 3.05) is 16.7 Å². The van der Waals surface area contributed by atoms with Gasteiger partial charge in [0.2, 0.25) is 28.6 Å². The summed E-state index contributed by atoms with van der Waals surface area (Å²) in [5.41, 5.74) is 0.908. The van der Waals surface area contributed by atoms with Crippen LogP contribution in [0.25, 0.3) is 20.9 Å². The van der Waals surface area contributed by atoms with E-state index in [-0.39, 0.29) is 23.4 Å². The highest BCUT2D eigenvalue weighted by Crippen LogP contribution is 2.38. The molecule has 0 atom stereocenters. The lowest BCUT2D eigenvalue weighted by atomic mass is 10.2. The van der Waals surface area contributed by atoms with Gasteiger partial charge in [0, 0.05) is 24.8 Å². The maximum absolute atomic E-state index is 14.5. The number of carbonyl (C=O) groups is 1. The fraction of sp³-hybridized carbons (Fsp3) is 0.150. The predicted octanol–water partition coefficient (Wildman–Crippen LogP) is 3.37. The van der Waals surface area contributed by atoms with E-state index in [0.717, 1.165) is 23.5 Å². The Bertz CT molecular complexity index is 1500. The van der Waals surface area contributed by atoms with Gasteiger partial charge >= 0.3 is 0 Å². The Morgan fingerprint density at radius 3 is 2.56 bits per heavy atom. The van der Waals surface area contributed by atoms with Gasteiger partial charge in [-0.1, -0.05) is 11.3 Å². The number of carbonyl (C=O) groups excluding carboxylic acids is 1. The van der Waals surface area contributed by atoms with Gasteiger partial charge < -0.3 is 4.74 Å². The van der Waals surface area contributed by atoms with Crippen LogP contribution in [0.15, 0.2) is 30.5 Å². The summed E-state index contributed by atoms with van der Waals surface area (Å²) in [6.45, 7) is 3.04. The van der Waals surface area contributed by atoms with Crippen molar-refractivity contribution in [1.29, 1.82) is 0 Å². The summed E-state index contributed by atoms with van der Waals surface area (Å²) in [6, 6.07) is 3.93. The number of amides is 1. The molecule has 4 rings (SSSR count). The van der Waals surface area contributed by atoms with Gasteiger partial charge in [0.25, 0.3) is 0 Å². The van der Waals surface area contributed by atoms with Crippen LogP contribution in [0.1, 0.15) is 12.6 Å². The summed E-state index contributed by atoms with van der Waals surface area (Å²) in [5.74, 6) is -2.24. The molecule has 1 N–H and O–H groups in total. The number of thiazole rings is 1. The van der Waals surface area contributed by atoms with E-state index in [1.54, 1.807) is 6.92 Å². The van der Waals surface area contributed by atoms with Gasteiger partial charge in [-0.2, -0.15) is 4.98 Å². The van der Waals surface area contributed by atoms with Gasteiger partial charge in [-0.05, 0) is 25.1 Å². The highest BCUT2D eigenvalue weighted by molar-refractivity contribution is 7.74. The number of rotatable bonds is 6. The van der Waals surface area contributed by atoms with Gasteiger partial charge in [-0.25, -0.2) is 36.5 Å². The Balaban J connectivity index is 1.86. The van der Waals surface area contributed by atoms with Crippen molar-refractivity contribution < 1.29 is 26.7 Å². The lowest BCUT2D eigenvalue weighted by Crippen LogP contribution is -2.17. The number of aromatic nitrogens is 4. The zero-order valence-electron chi connectivity index (χ0n) is 17.9. The number of methoxy groups -OCH3 is 1. The SMILES string of the molecule is COc1ncc(-c2nc3c(C)nc(NC(C)=O)nc3s2)cc1N(c1ccc(F)cc1F)[SH](=O)=O. The Kier molecular flexibility index (Phi) is 6.34. The van der Waals surface area contributed by atoms with Crippen LogP contribution < -0.4 is 14.4 Å². The molecule has 0 radical (unpaired) electrons. The molecular formula is C20H16F2N6O4S2. The van der Waals surface area contributed by atoms with Gasteiger partial charge in [0.1, 0.15) is 26.9 Å². The minimum absolute atomic E-state index is 0.0948. The number of hydrogen-bond donors (Lipinski definition) is 2. The first-order valence-electron chi connectivity index (χ1n) is 9.54. The number of benzene rings is 1. The lowest BCUT2D eigenvalue weighted by Gasteiger charge is -2.20. The molecule has 1 amide bonds. The second-order valence-corrected chi connectivity index (χ2v) is 8.74. The van der Waals surface area contributed by atoms with Gasteiger partial charge in [-0.15, -0.1) is 0 Å². The molecule has 0 fully saturated rings. The van der Waals surface area contributed by atoms with Crippen LogP contribution in [0.3, 0.4) is 0 Å². The normalized spacial score (nSPS) is 11.1. The predicted molar refractivity (Wildman–Crippen MR) is 123 cm³/mol. The van der Waals surface area contributed by atoms with Crippen molar-refractivity contribution in [3.05, 3.63) is 47.8 Å². The van der Waals surface area contributed by atoms with Crippen molar-refractivity contribution >= 4 is 55.8 Å². The minimum atomic E-state index is -3.41. The minimum Gasteiger partial charge on any atom is -0.479 e. The first-order chi connectivity index (χ1) is 16.2. The van der Waals surface area contributed by atoms with E-state index in [0.29, 0.717) is 37.0 Å². The molecule has 3 aromatic heterocycles. The lowest BCUT2D eigenvalue weighted by molar-refractivity contribution is -0.114. The third-order valence-corrected chi connectivity index (χ3v) is 6.28. The number of aryl methyl sites for hydroxylation is 1. The zero-order valence-corrected chi connectivity index (χ0v) is 19.6. The van der Waals surface area contributed by atoms with E-state index in [4.69, 9.17) is 4.74 Å². The molecule has 176 valence electrons. The summed E-state index contributed by atoms with van der Waals surface area (Å²) in [4.78, 5) is 29.0. The molecule has 1 aromatic carbocycles. The molecule has 0 aliphatic carbocycles. The molecule has 10 nitrogen and oxygen atoms in total. The Morgan fingerprint density at radius 2 is 1.91 bits per heavy atom. The molecule has 0 aliphatic heterocycles. The average Bonchev–Trinajstić information content (AvgIpc) is 3.19. The van der Waals surface area contributed by atoms with E-state index in [9.17, 15) is 22.0 Å². The highest BCUT2D eigenvalue weighted by Gasteiger charge is 2.23. The van der Waals surface area contributed by atoms with Gasteiger partial charge in [0.05, 0.1) is 18.5 Å². The summed E-state index contributed by atoms with van der Waals surface area (Å²) in [5, 5.41) is 2.94. The van der Waals surface area contributed by atoms with Crippen LogP contribution in [-0.2, 0) is 15.7 Å². The van der Waals surface area contributed by atoms with E-state index in [2.05, 4.69) is 25.3 Å². The third kappa shape index (κ3) is 4.49. The number of halogens is 2. The summed E-state index contributed by atoms with van der Waals surface area (Å²) in [6.07, 6.45) is 1.41. The van der Waals surface area contributed by atoms with Gasteiger partial charge in [-0.3, -0.25) is 10.1 Å². The number of anilines is 3. The Labute approximate surface area is 197 Å². The smallest absolute Gasteiger partial charge is 0.238 e. The molecule has 4 aromatic rings. The number of nitrogens with zero attached hydrogens (tertiary/aromatic N) is 5. The topological polar surface area (TPSA) is 127 Å². The fourth-order valence-corrected chi connectivity index (χ4v) is 4.75. The molecule has 0 unspecified atom stereocenters. The standard InChI is InChI=1S/C20H16F2N6O4S2/c1-9-16-19(27-20(24-9)25-10(2)29)33-18(26-16)11-6-15(17(32-3)23-8-11)28(34(30)31)14-5-4-12(21)7-13(14)22/h4-8,34H,1-3H3,(H,24,25,27,29). The summed E-state index contributed by atoms with van der Waals surface area (Å²) >= 11 is 1.16. The number of thiol groups is 1. The van der Waals surface area contributed by atoms with Crippen LogP contribution in [0.2, 0.25) is 0 Å². The van der Waals surface area contributed by atoms with E-state index < -0.39 is 28.2 Å².